The third kappa shape index (κ3) is 13.0. The summed E-state index contributed by atoms with van der Waals surface area (Å²) in [5, 5.41) is 61.7. The summed E-state index contributed by atoms with van der Waals surface area (Å²) in [6.07, 6.45) is 2.61. The molecule has 1 aromatic rings. The van der Waals surface area contributed by atoms with Crippen LogP contribution in [0, 0.1) is 15.9 Å². The van der Waals surface area contributed by atoms with Gasteiger partial charge in [-0.2, -0.15) is 4.39 Å². The molecule has 1 fully saturated rings. The predicted octanol–water partition coefficient (Wildman–Crippen LogP) is 3.67. The number of hydrogen-bond acceptors (Lipinski definition) is 11. The van der Waals surface area contributed by atoms with Crippen molar-refractivity contribution in [2.24, 2.45) is 0 Å². The van der Waals surface area contributed by atoms with Crippen LogP contribution in [0.5, 0.6) is 5.75 Å². The average Bonchev–Trinajstić information content (AvgIpc) is 2.97. The topological polar surface area (TPSA) is 189 Å². The molecule has 0 radical (unpaired) electrons. The molecule has 1 heterocycles. The van der Waals surface area contributed by atoms with E-state index in [0.717, 1.165) is 56.7 Å². The number of carbonyl (C=O) groups excluding carboxylic acids is 1. The summed E-state index contributed by atoms with van der Waals surface area (Å²) in [6.45, 7) is 1.74. The van der Waals surface area contributed by atoms with E-state index < -0.39 is 71.9 Å². The van der Waals surface area contributed by atoms with Gasteiger partial charge in [0.2, 0.25) is 12.1 Å². The van der Waals surface area contributed by atoms with Crippen molar-refractivity contribution in [3.05, 3.63) is 34.1 Å². The van der Waals surface area contributed by atoms with Crippen LogP contribution in [0.15, 0.2) is 18.2 Å². The second kappa shape index (κ2) is 19.8. The Morgan fingerprint density at radius 1 is 0.930 bits per heavy atom. The molecule has 5 N–H and O–H groups in total. The van der Waals surface area contributed by atoms with Gasteiger partial charge in [-0.25, -0.2) is 0 Å². The molecule has 0 spiro atoms. The molecule has 0 saturated carbocycles. The van der Waals surface area contributed by atoms with Gasteiger partial charge in [-0.1, -0.05) is 71.1 Å². The molecular formula is C30H48FNO11. The lowest BCUT2D eigenvalue weighted by Gasteiger charge is -2.39. The molecule has 2 rings (SSSR count). The maximum atomic E-state index is 13.9. The highest BCUT2D eigenvalue weighted by atomic mass is 19.1. The SMILES string of the molecule is CCCCCCCCC(O)C(O)CCCCCCCC(=O)OC[C@H]1O[C@H](Oc2ccc([N+](=O)[O-])c(F)c2)[C@H](O)[C@@H](O)[C@@H]1O. The van der Waals surface area contributed by atoms with Crippen LogP contribution >= 0.6 is 0 Å². The van der Waals surface area contributed by atoms with Crippen molar-refractivity contribution in [2.75, 3.05) is 6.61 Å². The van der Waals surface area contributed by atoms with Gasteiger partial charge in [-0.15, -0.1) is 0 Å². The van der Waals surface area contributed by atoms with Crippen LogP contribution in [0.3, 0.4) is 0 Å². The first-order chi connectivity index (χ1) is 20.5. The van der Waals surface area contributed by atoms with E-state index in [0.29, 0.717) is 19.3 Å². The van der Waals surface area contributed by atoms with Crippen molar-refractivity contribution < 1.29 is 53.9 Å². The summed E-state index contributed by atoms with van der Waals surface area (Å²) in [5.41, 5.74) is -0.773. The number of esters is 1. The van der Waals surface area contributed by atoms with Gasteiger partial charge >= 0.3 is 11.7 Å². The number of aliphatic hydroxyl groups is 5. The van der Waals surface area contributed by atoms with Crippen LogP contribution in [0.4, 0.5) is 10.1 Å². The Balaban J connectivity index is 1.62. The van der Waals surface area contributed by atoms with Crippen LogP contribution < -0.4 is 4.74 Å². The molecule has 13 heteroatoms. The molecule has 246 valence electrons. The quantitative estimate of drug-likeness (QED) is 0.0586. The van der Waals surface area contributed by atoms with E-state index >= 15 is 0 Å². The number of unbranched alkanes of at least 4 members (excludes halogenated alkanes) is 9. The van der Waals surface area contributed by atoms with Crippen molar-refractivity contribution in [1.82, 2.24) is 0 Å². The first-order valence-corrected chi connectivity index (χ1v) is 15.4. The van der Waals surface area contributed by atoms with Gasteiger partial charge in [-0.3, -0.25) is 14.9 Å². The number of rotatable bonds is 21. The Morgan fingerprint density at radius 3 is 2.09 bits per heavy atom. The number of nitro benzene ring substituents is 1. The zero-order valence-corrected chi connectivity index (χ0v) is 24.9. The largest absolute Gasteiger partial charge is 0.463 e. The summed E-state index contributed by atoms with van der Waals surface area (Å²) < 4.78 is 29.9. The van der Waals surface area contributed by atoms with Crippen LogP contribution in [0.2, 0.25) is 0 Å². The van der Waals surface area contributed by atoms with E-state index in [4.69, 9.17) is 14.2 Å². The second-order valence-electron chi connectivity index (χ2n) is 11.2. The molecule has 1 aromatic carbocycles. The van der Waals surface area contributed by atoms with E-state index in [9.17, 15) is 44.8 Å². The fourth-order valence-electron chi connectivity index (χ4n) is 4.91. The van der Waals surface area contributed by atoms with Gasteiger partial charge in [-0.05, 0) is 25.3 Å². The molecule has 1 aliphatic heterocycles. The predicted molar refractivity (Wildman–Crippen MR) is 154 cm³/mol. The lowest BCUT2D eigenvalue weighted by Crippen LogP contribution is -2.60. The average molecular weight is 618 g/mol. The third-order valence-corrected chi connectivity index (χ3v) is 7.62. The molecule has 0 aliphatic carbocycles. The highest BCUT2D eigenvalue weighted by Crippen LogP contribution is 2.28. The number of halogens is 1. The van der Waals surface area contributed by atoms with E-state index in [1.54, 1.807) is 0 Å². The number of benzene rings is 1. The Morgan fingerprint density at radius 2 is 1.51 bits per heavy atom. The first kappa shape index (κ1) is 36.8. The van der Waals surface area contributed by atoms with Crippen LogP contribution in [0.25, 0.3) is 0 Å². The maximum absolute atomic E-state index is 13.9. The number of carbonyl (C=O) groups is 1. The highest BCUT2D eigenvalue weighted by molar-refractivity contribution is 5.69. The van der Waals surface area contributed by atoms with Gasteiger partial charge in [0.1, 0.15) is 36.8 Å². The van der Waals surface area contributed by atoms with E-state index in [1.807, 2.05) is 0 Å². The Bertz CT molecular complexity index is 968. The van der Waals surface area contributed by atoms with E-state index in [1.165, 1.54) is 25.7 Å². The van der Waals surface area contributed by atoms with Crippen LogP contribution in [-0.2, 0) is 14.3 Å². The number of aliphatic hydroxyl groups excluding tert-OH is 5. The van der Waals surface area contributed by atoms with Crippen LogP contribution in [0.1, 0.15) is 96.8 Å². The Labute approximate surface area is 251 Å². The third-order valence-electron chi connectivity index (χ3n) is 7.62. The van der Waals surface area contributed by atoms with Crippen molar-refractivity contribution in [3.8, 4) is 5.75 Å². The Kier molecular flexibility index (Phi) is 16.9. The summed E-state index contributed by atoms with van der Waals surface area (Å²) in [5.74, 6) is -1.93. The molecular weight excluding hydrogens is 569 g/mol. The normalized spacial score (nSPS) is 23.5. The van der Waals surface area contributed by atoms with Gasteiger partial charge < -0.3 is 39.7 Å². The summed E-state index contributed by atoms with van der Waals surface area (Å²) >= 11 is 0. The summed E-state index contributed by atoms with van der Waals surface area (Å²) in [6, 6.07) is 2.69. The van der Waals surface area contributed by atoms with Gasteiger partial charge in [0.25, 0.3) is 0 Å². The molecule has 43 heavy (non-hydrogen) atoms. The summed E-state index contributed by atoms with van der Waals surface area (Å²) in [4.78, 5) is 22.1. The number of hydrogen-bond donors (Lipinski definition) is 5. The van der Waals surface area contributed by atoms with Crippen LogP contribution in [-0.4, -0.2) is 85.9 Å². The lowest BCUT2D eigenvalue weighted by molar-refractivity contribution is -0.387. The fraction of sp³-hybridized carbons (Fsp3) is 0.767. The number of nitro groups is 1. The van der Waals surface area contributed by atoms with Gasteiger partial charge in [0, 0.05) is 18.6 Å². The van der Waals surface area contributed by atoms with E-state index in [-0.39, 0.29) is 12.2 Å². The zero-order chi connectivity index (χ0) is 31.8. The van der Waals surface area contributed by atoms with E-state index in [2.05, 4.69) is 6.92 Å². The van der Waals surface area contributed by atoms with Crippen molar-refractivity contribution >= 4 is 11.7 Å². The minimum atomic E-state index is -1.73. The Hall–Kier alpha value is -2.42. The number of ether oxygens (including phenoxy) is 3. The molecule has 0 amide bonds. The molecule has 0 aromatic heterocycles. The molecule has 12 nitrogen and oxygen atoms in total. The summed E-state index contributed by atoms with van der Waals surface area (Å²) in [7, 11) is 0. The van der Waals surface area contributed by atoms with Crippen molar-refractivity contribution in [2.45, 2.75) is 140 Å². The lowest BCUT2D eigenvalue weighted by atomic mass is 9.99. The molecule has 7 atom stereocenters. The van der Waals surface area contributed by atoms with Gasteiger partial charge in [0.05, 0.1) is 17.1 Å². The standard InChI is InChI=1S/C30H48FNO11/c1-2-3-4-5-7-10-13-23(33)24(34)14-11-8-6-9-12-15-26(35)41-19-25-27(36)28(37)29(38)30(43-25)42-20-16-17-22(32(39)40)21(31)18-20/h16-18,23-25,27-30,33-34,36-38H,2-15,19H2,1H3/t23?,24?,25-,27-,28+,29-,30+/m1/s1. The highest BCUT2D eigenvalue weighted by Gasteiger charge is 2.45. The molecule has 1 saturated heterocycles. The monoisotopic (exact) mass is 617 g/mol. The molecule has 2 unspecified atom stereocenters. The molecule has 0 bridgehead atoms. The van der Waals surface area contributed by atoms with Crippen molar-refractivity contribution in [3.63, 3.8) is 0 Å². The maximum Gasteiger partial charge on any atom is 0.305 e. The minimum Gasteiger partial charge on any atom is -0.463 e. The second-order valence-corrected chi connectivity index (χ2v) is 11.2. The minimum absolute atomic E-state index is 0.121. The number of nitrogens with zero attached hydrogens (tertiary/aromatic N) is 1. The van der Waals surface area contributed by atoms with Gasteiger partial charge in [0.15, 0.2) is 0 Å². The zero-order valence-electron chi connectivity index (χ0n) is 24.9. The smallest absolute Gasteiger partial charge is 0.305 e. The van der Waals surface area contributed by atoms with Crippen molar-refractivity contribution in [1.29, 1.82) is 0 Å². The molecule has 1 aliphatic rings. The first-order valence-electron chi connectivity index (χ1n) is 15.4. The fourth-order valence-corrected chi connectivity index (χ4v) is 4.91.